The summed E-state index contributed by atoms with van der Waals surface area (Å²) in [6, 6.07) is 5.79. The predicted molar refractivity (Wildman–Crippen MR) is 206 cm³/mol. The number of halogens is 1. The fourth-order valence-electron chi connectivity index (χ4n) is 8.69. The first kappa shape index (κ1) is 43.9. The van der Waals surface area contributed by atoms with Crippen molar-refractivity contribution in [3.63, 3.8) is 0 Å². The number of rotatable bonds is 7. The summed E-state index contributed by atoms with van der Waals surface area (Å²) in [5, 5.41) is 21.4. The van der Waals surface area contributed by atoms with Gasteiger partial charge in [0.05, 0.1) is 29.4 Å². The Morgan fingerprint density at radius 1 is 1.04 bits per heavy atom. The van der Waals surface area contributed by atoms with Crippen LogP contribution in [0.15, 0.2) is 34.9 Å². The third kappa shape index (κ3) is 9.42. The molecule has 0 bridgehead atoms. The van der Waals surface area contributed by atoms with E-state index in [2.05, 4.69) is 27.6 Å². The number of Topliss-reactive ketones (excluding diaryl/α,β-unsaturated/α-hetero) is 2. The van der Waals surface area contributed by atoms with Gasteiger partial charge in [0.2, 0.25) is 5.76 Å². The Hall–Kier alpha value is -4.20. The summed E-state index contributed by atoms with van der Waals surface area (Å²) in [6.07, 6.45) is -3.84. The normalized spacial score (nSPS) is 36.7. The van der Waals surface area contributed by atoms with Gasteiger partial charge in [0.25, 0.3) is 0 Å². The Labute approximate surface area is 333 Å². The Bertz CT molecular complexity index is 1840. The number of carbonyl (C=O) groups excluding carboxylic acids is 4. The van der Waals surface area contributed by atoms with Gasteiger partial charge in [0, 0.05) is 35.4 Å². The minimum absolute atomic E-state index is 0.0213. The highest BCUT2D eigenvalue weighted by atomic mass is 19.1. The zero-order chi connectivity index (χ0) is 42.0. The lowest BCUT2D eigenvalue weighted by atomic mass is 9.73. The van der Waals surface area contributed by atoms with Crippen molar-refractivity contribution in [2.45, 2.75) is 129 Å². The quantitative estimate of drug-likeness (QED) is 0.206. The monoisotopic (exact) mass is 796 g/mol. The third-order valence-electron chi connectivity index (χ3n) is 11.9. The number of amides is 2. The van der Waals surface area contributed by atoms with E-state index >= 15 is 0 Å². The maximum absolute atomic E-state index is 14.4. The smallest absolute Gasteiger partial charge is 0.316 e. The van der Waals surface area contributed by atoms with Crippen molar-refractivity contribution < 1.29 is 52.1 Å². The summed E-state index contributed by atoms with van der Waals surface area (Å²) >= 11 is 0. The molecule has 13 atom stereocenters. The maximum atomic E-state index is 14.4. The number of nitrogens with one attached hydrogen (secondary N) is 2. The van der Waals surface area contributed by atoms with Gasteiger partial charge in [-0.2, -0.15) is 0 Å². The Kier molecular flexibility index (Phi) is 13.7. The summed E-state index contributed by atoms with van der Waals surface area (Å²) in [4.78, 5) is 57.4. The minimum atomic E-state index is -1.46. The molecule has 3 fully saturated rings. The first-order chi connectivity index (χ1) is 26.8. The summed E-state index contributed by atoms with van der Waals surface area (Å²) in [5.41, 5.74) is -1.53. The molecule has 0 unspecified atom stereocenters. The Morgan fingerprint density at radius 3 is 2.37 bits per heavy atom. The lowest BCUT2D eigenvalue weighted by Crippen LogP contribution is -2.62. The molecule has 14 nitrogen and oxygen atoms in total. The van der Waals surface area contributed by atoms with Crippen molar-refractivity contribution in [2.24, 2.45) is 23.7 Å². The molecule has 4 heterocycles. The third-order valence-corrected chi connectivity index (χ3v) is 11.9. The molecular weight excluding hydrogens is 739 g/mol. The molecule has 5 rings (SSSR count). The van der Waals surface area contributed by atoms with E-state index in [1.807, 2.05) is 25.9 Å². The van der Waals surface area contributed by atoms with E-state index in [0.29, 0.717) is 24.1 Å². The number of likely N-dealkylation sites (N-methyl/N-ethyl adjacent to an activating group) is 1. The van der Waals surface area contributed by atoms with Crippen molar-refractivity contribution in [3.8, 4) is 23.1 Å². The molecule has 3 saturated heterocycles. The average molecular weight is 797 g/mol. The van der Waals surface area contributed by atoms with Crippen LogP contribution < -0.4 is 10.6 Å². The molecule has 3 aliphatic heterocycles. The second-order valence-electron chi connectivity index (χ2n) is 16.5. The molecule has 15 heteroatoms. The number of ether oxygens (including phenoxy) is 4. The highest BCUT2D eigenvalue weighted by Crippen LogP contribution is 2.39. The van der Waals surface area contributed by atoms with E-state index in [1.165, 1.54) is 19.1 Å². The van der Waals surface area contributed by atoms with E-state index in [-0.39, 0.29) is 42.5 Å². The topological polar surface area (TPSA) is 179 Å². The van der Waals surface area contributed by atoms with Gasteiger partial charge in [-0.25, -0.2) is 9.18 Å². The maximum Gasteiger partial charge on any atom is 0.316 e. The van der Waals surface area contributed by atoms with Crippen LogP contribution in [0.2, 0.25) is 0 Å². The number of hydrogen-bond donors (Lipinski definition) is 3. The molecule has 312 valence electrons. The second kappa shape index (κ2) is 17.7. The number of hydrogen-bond acceptors (Lipinski definition) is 12. The van der Waals surface area contributed by atoms with Crippen LogP contribution in [0.25, 0.3) is 11.3 Å². The number of benzene rings is 1. The molecule has 0 saturated carbocycles. The lowest BCUT2D eigenvalue weighted by Gasteiger charge is -2.47. The Balaban J connectivity index is 1.54. The van der Waals surface area contributed by atoms with Gasteiger partial charge < -0.3 is 44.1 Å². The summed E-state index contributed by atoms with van der Waals surface area (Å²) in [7, 11) is 3.69. The van der Waals surface area contributed by atoms with Gasteiger partial charge in [0.1, 0.15) is 42.0 Å². The summed E-state index contributed by atoms with van der Waals surface area (Å²) in [5.74, 6) is 0.374. The molecular formula is C42H57FN4O10. The molecule has 1 aromatic carbocycles. The average Bonchev–Trinajstić information content (AvgIpc) is 3.77. The number of nitrogens with zero attached hydrogens (tertiary/aromatic N) is 2. The van der Waals surface area contributed by atoms with Crippen molar-refractivity contribution in [3.05, 3.63) is 41.9 Å². The zero-order valence-corrected chi connectivity index (χ0v) is 34.5. The number of ketones is 2. The molecule has 2 aromatic rings. The van der Waals surface area contributed by atoms with E-state index < -0.39 is 83.2 Å². The number of urea groups is 1. The van der Waals surface area contributed by atoms with Crippen molar-refractivity contribution in [1.82, 2.24) is 20.7 Å². The molecule has 57 heavy (non-hydrogen) atoms. The molecule has 0 spiro atoms. The highest BCUT2D eigenvalue weighted by molar-refractivity contribution is 6.00. The van der Waals surface area contributed by atoms with E-state index in [9.17, 15) is 28.7 Å². The summed E-state index contributed by atoms with van der Waals surface area (Å²) < 4.78 is 44.3. The number of carbonyl (C=O) groups is 4. The molecule has 2 amide bonds. The summed E-state index contributed by atoms with van der Waals surface area (Å²) in [6.45, 7) is 13.5. The highest BCUT2D eigenvalue weighted by Gasteiger charge is 2.55. The van der Waals surface area contributed by atoms with Gasteiger partial charge in [-0.1, -0.05) is 38.8 Å². The number of esters is 1. The van der Waals surface area contributed by atoms with Crippen LogP contribution in [-0.4, -0.2) is 113 Å². The van der Waals surface area contributed by atoms with Gasteiger partial charge in [-0.15, -0.1) is 0 Å². The standard InChI is InChI=1S/C42H57FN4O10/c1-11-32-42(8)36(44-40(52)45-42)24(4)33(48)22(2)21-41(7,53-18-12-13-29-20-30(46-57-29)27-14-16-28(43)17-15-27)37(25(5)34(49)26(6)38(51)55-32)56-39-35(50)31(47(9)10)19-23(3)54-39/h14-17,20,22-26,31-32,35-37,39,50H,11,18-19,21H2,1-10H3,(H2,44,45,52)/t22-,23-,24+,25+,26-,31+,32-,35-,36-,37-,39+,41-,42-/m1/s1. The fourth-order valence-corrected chi connectivity index (χ4v) is 8.69. The number of aromatic nitrogens is 1. The van der Waals surface area contributed by atoms with Gasteiger partial charge >= 0.3 is 12.0 Å². The predicted octanol–water partition coefficient (Wildman–Crippen LogP) is 4.27. The molecule has 1 aromatic heterocycles. The van der Waals surface area contributed by atoms with Gasteiger partial charge in [-0.3, -0.25) is 14.4 Å². The number of aliphatic hydroxyl groups is 1. The van der Waals surface area contributed by atoms with E-state index in [0.717, 1.165) is 0 Å². The van der Waals surface area contributed by atoms with E-state index in [4.69, 9.17) is 23.5 Å². The lowest BCUT2D eigenvalue weighted by molar-refractivity contribution is -0.296. The van der Waals surface area contributed by atoms with Crippen molar-refractivity contribution in [2.75, 3.05) is 20.7 Å². The Morgan fingerprint density at radius 2 is 1.72 bits per heavy atom. The molecule has 0 radical (unpaired) electrons. The number of fused-ring (bicyclic) bond motifs is 1. The van der Waals surface area contributed by atoms with Crippen LogP contribution in [0.1, 0.15) is 80.4 Å². The van der Waals surface area contributed by atoms with Crippen LogP contribution in [0.5, 0.6) is 0 Å². The SMILES string of the molecule is CC[C@H]1OC(=O)[C@H](C)C(=O)[C@H](C)[C@@H](O[C@@H]2O[C@H](C)C[C@H](N(C)C)[C@H]2O)[C@](C)(OCC#Cc2cc(-c3ccc(F)cc3)no2)C[C@@H](C)C(=O)[C@H](C)[C@H]2NC(=O)N[C@@]21C. The van der Waals surface area contributed by atoms with Crippen molar-refractivity contribution in [1.29, 1.82) is 0 Å². The van der Waals surface area contributed by atoms with Gasteiger partial charge in [0.15, 0.2) is 12.1 Å². The minimum Gasteiger partial charge on any atom is -0.459 e. The van der Waals surface area contributed by atoms with E-state index in [1.54, 1.807) is 59.7 Å². The van der Waals surface area contributed by atoms with Crippen LogP contribution in [0, 0.1) is 41.3 Å². The molecule has 0 aliphatic carbocycles. The zero-order valence-electron chi connectivity index (χ0n) is 34.5. The number of aliphatic hydroxyl groups excluding tert-OH is 1. The first-order valence-electron chi connectivity index (χ1n) is 19.7. The first-order valence-corrected chi connectivity index (χ1v) is 19.7. The number of cyclic esters (lactones) is 1. The largest absolute Gasteiger partial charge is 0.459 e. The molecule has 3 aliphatic rings. The second-order valence-corrected chi connectivity index (χ2v) is 16.5. The van der Waals surface area contributed by atoms with Crippen LogP contribution in [-0.2, 0) is 33.3 Å². The van der Waals surface area contributed by atoms with Gasteiger partial charge in [-0.05, 0) is 91.2 Å². The van der Waals surface area contributed by atoms with Crippen LogP contribution in [0.3, 0.4) is 0 Å². The van der Waals surface area contributed by atoms with Crippen LogP contribution >= 0.6 is 0 Å². The van der Waals surface area contributed by atoms with Crippen LogP contribution in [0.4, 0.5) is 9.18 Å². The molecule has 3 N–H and O–H groups in total. The fraction of sp³-hybridized carbons (Fsp3) is 0.643. The van der Waals surface area contributed by atoms with Crippen molar-refractivity contribution >= 4 is 23.6 Å².